The second-order valence-corrected chi connectivity index (χ2v) is 5.69. The highest BCUT2D eigenvalue weighted by Crippen LogP contribution is 2.27. The first-order chi connectivity index (χ1) is 12.5. The Kier molecular flexibility index (Phi) is 7.02. The van der Waals surface area contributed by atoms with Crippen LogP contribution >= 0.6 is 0 Å². The van der Waals surface area contributed by atoms with Crippen LogP contribution in [0.2, 0.25) is 0 Å². The van der Waals surface area contributed by atoms with Crippen molar-refractivity contribution in [1.29, 1.82) is 0 Å². The molecule has 26 heavy (non-hydrogen) atoms. The molecule has 0 bridgehead atoms. The van der Waals surface area contributed by atoms with Crippen molar-refractivity contribution >= 4 is 12.1 Å². The van der Waals surface area contributed by atoms with Crippen molar-refractivity contribution in [3.63, 3.8) is 0 Å². The number of amides is 1. The molecule has 0 saturated heterocycles. The predicted octanol–water partition coefficient (Wildman–Crippen LogP) is 3.24. The molecule has 6 heteroatoms. The quantitative estimate of drug-likeness (QED) is 0.582. The van der Waals surface area contributed by atoms with Gasteiger partial charge in [-0.05, 0) is 56.2 Å². The van der Waals surface area contributed by atoms with Crippen molar-refractivity contribution in [2.45, 2.75) is 20.8 Å². The third kappa shape index (κ3) is 5.51. The summed E-state index contributed by atoms with van der Waals surface area (Å²) >= 11 is 0. The molecule has 0 atom stereocenters. The van der Waals surface area contributed by atoms with E-state index in [0.717, 1.165) is 16.7 Å². The van der Waals surface area contributed by atoms with Gasteiger partial charge in [-0.3, -0.25) is 4.79 Å². The van der Waals surface area contributed by atoms with Gasteiger partial charge in [0.25, 0.3) is 5.91 Å². The Morgan fingerprint density at radius 1 is 1.08 bits per heavy atom. The van der Waals surface area contributed by atoms with Gasteiger partial charge in [0.2, 0.25) is 0 Å². The Morgan fingerprint density at radius 3 is 2.54 bits per heavy atom. The number of rotatable bonds is 8. The van der Waals surface area contributed by atoms with Gasteiger partial charge in [-0.25, -0.2) is 5.43 Å². The van der Waals surface area contributed by atoms with Crippen LogP contribution in [-0.2, 0) is 4.79 Å². The fraction of sp³-hybridized carbons (Fsp3) is 0.300. The maximum Gasteiger partial charge on any atom is 0.277 e. The van der Waals surface area contributed by atoms with E-state index in [1.807, 2.05) is 45.0 Å². The normalized spacial score (nSPS) is 10.6. The monoisotopic (exact) mass is 356 g/mol. The summed E-state index contributed by atoms with van der Waals surface area (Å²) in [5.74, 6) is 1.63. The summed E-state index contributed by atoms with van der Waals surface area (Å²) in [5.41, 5.74) is 5.36. The Bertz CT molecular complexity index is 787. The van der Waals surface area contributed by atoms with Crippen molar-refractivity contribution < 1.29 is 19.0 Å². The molecule has 0 radical (unpaired) electrons. The highest BCUT2D eigenvalue weighted by molar-refractivity contribution is 5.83. The SMILES string of the molecule is CCOc1ccc(C=NNC(=O)COc2ccc(C)cc2C)cc1OC. The van der Waals surface area contributed by atoms with Crippen molar-refractivity contribution in [3.8, 4) is 17.2 Å². The van der Waals surface area contributed by atoms with Crippen LogP contribution in [0, 0.1) is 13.8 Å². The van der Waals surface area contributed by atoms with Crippen LogP contribution in [0.5, 0.6) is 17.2 Å². The fourth-order valence-corrected chi connectivity index (χ4v) is 2.35. The Hall–Kier alpha value is -3.02. The van der Waals surface area contributed by atoms with Crippen molar-refractivity contribution in [2.75, 3.05) is 20.3 Å². The smallest absolute Gasteiger partial charge is 0.277 e. The summed E-state index contributed by atoms with van der Waals surface area (Å²) in [4.78, 5) is 11.9. The largest absolute Gasteiger partial charge is 0.493 e. The minimum Gasteiger partial charge on any atom is -0.493 e. The molecule has 138 valence electrons. The van der Waals surface area contributed by atoms with Crippen LogP contribution in [0.1, 0.15) is 23.6 Å². The van der Waals surface area contributed by atoms with E-state index in [4.69, 9.17) is 14.2 Å². The lowest BCUT2D eigenvalue weighted by molar-refractivity contribution is -0.123. The van der Waals surface area contributed by atoms with E-state index in [1.165, 1.54) is 6.21 Å². The number of carbonyl (C=O) groups is 1. The zero-order valence-corrected chi connectivity index (χ0v) is 15.5. The molecule has 0 heterocycles. The van der Waals surface area contributed by atoms with Crippen LogP contribution in [0.3, 0.4) is 0 Å². The number of nitrogens with zero attached hydrogens (tertiary/aromatic N) is 1. The van der Waals surface area contributed by atoms with Crippen LogP contribution < -0.4 is 19.6 Å². The number of nitrogens with one attached hydrogen (secondary N) is 1. The van der Waals surface area contributed by atoms with E-state index in [1.54, 1.807) is 19.2 Å². The topological polar surface area (TPSA) is 69.2 Å². The summed E-state index contributed by atoms with van der Waals surface area (Å²) in [6.07, 6.45) is 1.53. The van der Waals surface area contributed by atoms with Crippen molar-refractivity contribution in [3.05, 3.63) is 53.1 Å². The molecule has 2 aromatic rings. The summed E-state index contributed by atoms with van der Waals surface area (Å²) in [5, 5.41) is 3.94. The Balaban J connectivity index is 1.88. The maximum atomic E-state index is 11.9. The van der Waals surface area contributed by atoms with Crippen LogP contribution in [-0.4, -0.2) is 32.4 Å². The average Bonchev–Trinajstić information content (AvgIpc) is 2.62. The molecule has 2 aromatic carbocycles. The van der Waals surface area contributed by atoms with Gasteiger partial charge in [0.1, 0.15) is 5.75 Å². The van der Waals surface area contributed by atoms with Gasteiger partial charge in [0.15, 0.2) is 18.1 Å². The number of hydrogen-bond acceptors (Lipinski definition) is 5. The number of ether oxygens (including phenoxy) is 3. The summed E-state index contributed by atoms with van der Waals surface area (Å²) < 4.78 is 16.3. The Morgan fingerprint density at radius 2 is 1.85 bits per heavy atom. The first kappa shape index (κ1) is 19.3. The first-order valence-corrected chi connectivity index (χ1v) is 8.36. The van der Waals surface area contributed by atoms with Crippen molar-refractivity contribution in [2.24, 2.45) is 5.10 Å². The summed E-state index contributed by atoms with van der Waals surface area (Å²) in [6.45, 7) is 6.31. The zero-order chi connectivity index (χ0) is 18.9. The molecular weight excluding hydrogens is 332 g/mol. The van der Waals surface area contributed by atoms with Gasteiger partial charge in [-0.15, -0.1) is 0 Å². The molecular formula is C20H24N2O4. The lowest BCUT2D eigenvalue weighted by Crippen LogP contribution is -2.24. The van der Waals surface area contributed by atoms with Crippen LogP contribution in [0.25, 0.3) is 0 Å². The van der Waals surface area contributed by atoms with E-state index in [2.05, 4.69) is 10.5 Å². The third-order valence-electron chi connectivity index (χ3n) is 3.58. The third-order valence-corrected chi connectivity index (χ3v) is 3.58. The minimum absolute atomic E-state index is 0.103. The number of aryl methyl sites for hydroxylation is 2. The lowest BCUT2D eigenvalue weighted by Gasteiger charge is -2.09. The second-order valence-electron chi connectivity index (χ2n) is 5.69. The molecule has 0 spiro atoms. The molecule has 0 fully saturated rings. The predicted molar refractivity (Wildman–Crippen MR) is 101 cm³/mol. The molecule has 0 unspecified atom stereocenters. The van der Waals surface area contributed by atoms with E-state index >= 15 is 0 Å². The molecule has 1 amide bonds. The highest BCUT2D eigenvalue weighted by atomic mass is 16.5. The highest BCUT2D eigenvalue weighted by Gasteiger charge is 2.06. The molecule has 0 aliphatic rings. The zero-order valence-electron chi connectivity index (χ0n) is 15.5. The van der Waals surface area contributed by atoms with E-state index < -0.39 is 0 Å². The molecule has 6 nitrogen and oxygen atoms in total. The molecule has 0 aromatic heterocycles. The second kappa shape index (κ2) is 9.46. The van der Waals surface area contributed by atoms with Gasteiger partial charge < -0.3 is 14.2 Å². The van der Waals surface area contributed by atoms with E-state index in [9.17, 15) is 4.79 Å². The van der Waals surface area contributed by atoms with E-state index in [0.29, 0.717) is 23.9 Å². The average molecular weight is 356 g/mol. The van der Waals surface area contributed by atoms with E-state index in [-0.39, 0.29) is 12.5 Å². The van der Waals surface area contributed by atoms with Gasteiger partial charge >= 0.3 is 0 Å². The molecule has 0 saturated carbocycles. The van der Waals surface area contributed by atoms with Crippen LogP contribution in [0.4, 0.5) is 0 Å². The van der Waals surface area contributed by atoms with Gasteiger partial charge in [0.05, 0.1) is 19.9 Å². The van der Waals surface area contributed by atoms with Gasteiger partial charge in [-0.1, -0.05) is 17.7 Å². The number of hydrazone groups is 1. The number of methoxy groups -OCH3 is 1. The van der Waals surface area contributed by atoms with Crippen LogP contribution in [0.15, 0.2) is 41.5 Å². The summed E-state index contributed by atoms with van der Waals surface area (Å²) in [7, 11) is 1.57. The molecule has 2 rings (SSSR count). The maximum absolute atomic E-state index is 11.9. The minimum atomic E-state index is -0.334. The number of benzene rings is 2. The summed E-state index contributed by atoms with van der Waals surface area (Å²) in [6, 6.07) is 11.2. The van der Waals surface area contributed by atoms with Gasteiger partial charge in [0, 0.05) is 0 Å². The first-order valence-electron chi connectivity index (χ1n) is 8.36. The van der Waals surface area contributed by atoms with Gasteiger partial charge in [-0.2, -0.15) is 5.10 Å². The molecule has 0 aliphatic heterocycles. The standard InChI is InChI=1S/C20H24N2O4/c1-5-25-18-9-7-16(11-19(18)24-4)12-21-22-20(23)13-26-17-8-6-14(2)10-15(17)3/h6-12H,5,13H2,1-4H3,(H,22,23). The molecule has 1 N–H and O–H groups in total. The fourth-order valence-electron chi connectivity index (χ4n) is 2.35. The lowest BCUT2D eigenvalue weighted by atomic mass is 10.1. The number of hydrogen-bond donors (Lipinski definition) is 1. The Labute approximate surface area is 153 Å². The number of carbonyl (C=O) groups excluding carboxylic acids is 1. The van der Waals surface area contributed by atoms with Crippen molar-refractivity contribution in [1.82, 2.24) is 5.43 Å². The molecule has 0 aliphatic carbocycles.